The average molecular weight is 914 g/mol. The predicted molar refractivity (Wildman–Crippen MR) is 254 cm³/mol. The van der Waals surface area contributed by atoms with Gasteiger partial charge in [0.15, 0.2) is 5.65 Å². The van der Waals surface area contributed by atoms with Crippen LogP contribution in [0, 0.1) is 12.3 Å². The highest BCUT2D eigenvalue weighted by Gasteiger charge is 2.44. The number of nitrogens with zero attached hydrogens (tertiary/aromatic N) is 8. The highest BCUT2D eigenvalue weighted by Crippen LogP contribution is 2.36. The van der Waals surface area contributed by atoms with Gasteiger partial charge in [0.2, 0.25) is 23.7 Å². The molecule has 17 heteroatoms. The topological polar surface area (TPSA) is 206 Å². The number of carbonyl (C=O) groups excluding carboxylic acids is 3. The Morgan fingerprint density at radius 2 is 1.74 bits per heavy atom. The second-order valence-electron chi connectivity index (χ2n) is 18.7. The molecule has 2 aromatic carbocycles. The Kier molecular flexibility index (Phi) is 14.1. The van der Waals surface area contributed by atoms with Crippen molar-refractivity contribution in [3.05, 3.63) is 101 Å². The van der Waals surface area contributed by atoms with E-state index in [0.29, 0.717) is 42.6 Å². The summed E-state index contributed by atoms with van der Waals surface area (Å²) in [7, 11) is 1.99. The quantitative estimate of drug-likeness (QED) is 0.0810. The number of aliphatic hydroxyl groups is 1. The summed E-state index contributed by atoms with van der Waals surface area (Å²) in [5, 5.41) is 36.7. The number of nitrogens with one attached hydrogen (secondary N) is 3. The number of para-hydroxylation sites is 1. The van der Waals surface area contributed by atoms with E-state index in [1.807, 2.05) is 101 Å². The molecule has 6 aromatic rings. The maximum Gasteiger partial charge on any atom is 0.246 e. The van der Waals surface area contributed by atoms with Gasteiger partial charge in [0.05, 0.1) is 27.9 Å². The largest absolute Gasteiger partial charge is 0.507 e. The van der Waals surface area contributed by atoms with E-state index in [-0.39, 0.29) is 49.4 Å². The van der Waals surface area contributed by atoms with Crippen LogP contribution in [0.2, 0.25) is 0 Å². The van der Waals surface area contributed by atoms with Crippen LogP contribution < -0.4 is 15.5 Å². The highest BCUT2D eigenvalue weighted by atomic mass is 32.1. The zero-order valence-electron chi connectivity index (χ0n) is 38.2. The molecular weight excluding hydrogens is 855 g/mol. The third kappa shape index (κ3) is 10.7. The number of likely N-dealkylation sites (tertiary alicyclic amines) is 1. The van der Waals surface area contributed by atoms with E-state index < -0.39 is 23.6 Å². The lowest BCUT2D eigenvalue weighted by atomic mass is 9.85. The first-order valence-electron chi connectivity index (χ1n) is 22.6. The van der Waals surface area contributed by atoms with E-state index in [4.69, 9.17) is 9.97 Å². The van der Waals surface area contributed by atoms with Gasteiger partial charge in [0.25, 0.3) is 0 Å². The van der Waals surface area contributed by atoms with Crippen LogP contribution in [0.3, 0.4) is 0 Å². The summed E-state index contributed by atoms with van der Waals surface area (Å²) in [6.45, 7) is 10.8. The molecule has 0 bridgehead atoms. The molecule has 0 spiro atoms. The molecule has 4 aromatic heterocycles. The number of phenolic OH excluding ortho intramolecular Hbond substituents is 1. The van der Waals surface area contributed by atoms with Crippen LogP contribution in [0.5, 0.6) is 5.75 Å². The molecule has 2 aliphatic heterocycles. The molecule has 2 saturated heterocycles. The lowest BCUT2D eigenvalue weighted by Gasteiger charge is -2.35. The number of amides is 3. The molecule has 0 radical (unpaired) electrons. The number of aliphatic hydroxyl groups excluding tert-OH is 1. The summed E-state index contributed by atoms with van der Waals surface area (Å²) < 4.78 is 0. The maximum absolute atomic E-state index is 14.1. The number of β-amino-alcohol motifs (C(OH)–C–C–N with tert-alkyl or cyclic N) is 1. The molecule has 0 aliphatic carbocycles. The van der Waals surface area contributed by atoms with E-state index >= 15 is 0 Å². The fourth-order valence-corrected chi connectivity index (χ4v) is 9.81. The standard InChI is InChI=1S/C49H59N11O5S/c1-30-43(66-29-54-30)34-14-12-31(13-15-34)23-51-46(64)40-21-35(61)28-60(40)47(65)44(49(2,3)4)55-42(63)11-8-18-58(5)27-32-24-52-48(53-25-32)59-19-16-33(17-20-59)38-26-50-45-37(38)22-39(56-57-45)36-9-6-7-10-41(36)62/h6-7,9-10,12-15,22,24-26,29,33,35,40,44,61-62H,8,11,16-21,23,27-28H2,1-5H3,(H,50,57)(H,51,64)(H,55,63)/t35-,40+,44-/m1/s1. The van der Waals surface area contributed by atoms with E-state index in [0.717, 1.165) is 64.2 Å². The number of aryl methyl sites for hydroxylation is 1. The van der Waals surface area contributed by atoms with Gasteiger partial charge in [-0.2, -0.15) is 0 Å². The predicted octanol–water partition coefficient (Wildman–Crippen LogP) is 5.96. The molecule has 3 atom stereocenters. The van der Waals surface area contributed by atoms with Crippen molar-refractivity contribution < 1.29 is 24.6 Å². The second-order valence-corrected chi connectivity index (χ2v) is 19.5. The van der Waals surface area contributed by atoms with Gasteiger partial charge in [-0.3, -0.25) is 14.4 Å². The lowest BCUT2D eigenvalue weighted by Crippen LogP contribution is -2.57. The van der Waals surface area contributed by atoms with E-state index in [9.17, 15) is 24.6 Å². The summed E-state index contributed by atoms with van der Waals surface area (Å²) in [5.41, 5.74) is 8.30. The Labute approximate surface area is 388 Å². The number of thiazole rings is 1. The molecule has 6 heterocycles. The number of carbonyl (C=O) groups is 3. The van der Waals surface area contributed by atoms with E-state index in [1.165, 1.54) is 10.5 Å². The number of hydrogen-bond acceptors (Lipinski definition) is 13. The van der Waals surface area contributed by atoms with Crippen molar-refractivity contribution in [2.45, 2.75) is 97.0 Å². The van der Waals surface area contributed by atoms with E-state index in [2.05, 4.69) is 40.6 Å². The van der Waals surface area contributed by atoms with E-state index in [1.54, 1.807) is 23.5 Å². The molecule has 66 heavy (non-hydrogen) atoms. The van der Waals surface area contributed by atoms with Crippen molar-refractivity contribution >= 4 is 46.0 Å². The van der Waals surface area contributed by atoms with Gasteiger partial charge in [0, 0.05) is 80.7 Å². The number of H-pyrrole nitrogens is 1. The fraction of sp³-hybridized carbons (Fsp3) is 0.429. The van der Waals surface area contributed by atoms with Gasteiger partial charge in [-0.25, -0.2) is 15.0 Å². The zero-order chi connectivity index (χ0) is 46.5. The summed E-state index contributed by atoms with van der Waals surface area (Å²) in [6.07, 6.45) is 7.67. The second kappa shape index (κ2) is 20.1. The van der Waals surface area contributed by atoms with Crippen molar-refractivity contribution in [3.8, 4) is 27.4 Å². The minimum atomic E-state index is -0.889. The summed E-state index contributed by atoms with van der Waals surface area (Å²) >= 11 is 1.58. The third-order valence-electron chi connectivity index (χ3n) is 12.7. The van der Waals surface area contributed by atoms with Crippen molar-refractivity contribution in [1.29, 1.82) is 0 Å². The molecule has 0 unspecified atom stereocenters. The first kappa shape index (κ1) is 46.2. The third-order valence-corrected chi connectivity index (χ3v) is 13.6. The monoisotopic (exact) mass is 913 g/mol. The van der Waals surface area contributed by atoms with Crippen molar-refractivity contribution in [1.82, 2.24) is 50.6 Å². The van der Waals surface area contributed by atoms with Crippen molar-refractivity contribution in [2.75, 3.05) is 38.1 Å². The minimum absolute atomic E-state index is 0.0166. The van der Waals surface area contributed by atoms with Crippen molar-refractivity contribution in [2.24, 2.45) is 5.41 Å². The van der Waals surface area contributed by atoms with Gasteiger partial charge >= 0.3 is 0 Å². The highest BCUT2D eigenvalue weighted by molar-refractivity contribution is 7.13. The summed E-state index contributed by atoms with van der Waals surface area (Å²) in [4.78, 5) is 64.8. The molecule has 5 N–H and O–H groups in total. The van der Waals surface area contributed by atoms with Crippen LogP contribution >= 0.6 is 11.3 Å². The number of rotatable bonds is 15. The number of hydrogen-bond donors (Lipinski definition) is 5. The number of aromatic nitrogens is 6. The van der Waals surface area contributed by atoms with Crippen LogP contribution in [0.4, 0.5) is 5.95 Å². The van der Waals surface area contributed by atoms with Gasteiger partial charge < -0.3 is 40.5 Å². The van der Waals surface area contributed by atoms with Crippen LogP contribution in [-0.4, -0.2) is 119 Å². The Hall–Kier alpha value is -6.30. The van der Waals surface area contributed by atoms with Crippen LogP contribution in [0.15, 0.2) is 78.7 Å². The number of fused-ring (bicyclic) bond motifs is 1. The first-order chi connectivity index (χ1) is 31.7. The average Bonchev–Trinajstić information content (AvgIpc) is 4.05. The maximum atomic E-state index is 14.1. The van der Waals surface area contributed by atoms with Crippen LogP contribution in [-0.2, 0) is 27.5 Å². The molecule has 0 saturated carbocycles. The van der Waals surface area contributed by atoms with Crippen molar-refractivity contribution in [3.63, 3.8) is 0 Å². The Morgan fingerprint density at radius 3 is 2.44 bits per heavy atom. The Morgan fingerprint density at radius 1 is 1.00 bits per heavy atom. The minimum Gasteiger partial charge on any atom is -0.507 e. The number of aromatic hydroxyl groups is 1. The lowest BCUT2D eigenvalue weighted by molar-refractivity contribution is -0.144. The molecule has 16 nitrogen and oxygen atoms in total. The smallest absolute Gasteiger partial charge is 0.246 e. The van der Waals surface area contributed by atoms with Gasteiger partial charge in [-0.05, 0) is 86.0 Å². The zero-order valence-corrected chi connectivity index (χ0v) is 39.0. The Balaban J connectivity index is 0.782. The fourth-order valence-electron chi connectivity index (χ4n) is 9.00. The number of piperidine rings is 1. The number of phenols is 1. The molecule has 2 aliphatic rings. The molecule has 2 fully saturated rings. The first-order valence-corrected chi connectivity index (χ1v) is 23.5. The van der Waals surface area contributed by atoms with Gasteiger partial charge in [0.1, 0.15) is 17.8 Å². The van der Waals surface area contributed by atoms with Crippen LogP contribution in [0.25, 0.3) is 32.7 Å². The van der Waals surface area contributed by atoms with Gasteiger partial charge in [-0.15, -0.1) is 21.5 Å². The summed E-state index contributed by atoms with van der Waals surface area (Å²) in [6, 6.07) is 15.3. The van der Waals surface area contributed by atoms with Gasteiger partial charge in [-0.1, -0.05) is 57.2 Å². The van der Waals surface area contributed by atoms with Crippen LogP contribution in [0.1, 0.15) is 81.2 Å². The normalized spacial score (nSPS) is 17.4. The molecular formula is C49H59N11O5S. The number of aromatic amines is 1. The molecule has 8 rings (SSSR count). The Bertz CT molecular complexity index is 2640. The summed E-state index contributed by atoms with van der Waals surface area (Å²) in [5.74, 6) is 0.230. The molecule has 346 valence electrons. The molecule has 3 amide bonds. The number of benzene rings is 2. The number of anilines is 1. The SMILES string of the molecule is Cc1ncsc1-c1ccc(CNC(=O)[C@@H]2C[C@@H](O)CN2C(=O)[C@@H](NC(=O)CCCN(C)Cc2cnc(N3CCC(c4c[nH]c5nnc(-c6ccccc6O)cc45)CC3)nc2)C(C)(C)C)cc1.